The van der Waals surface area contributed by atoms with Gasteiger partial charge in [-0.1, -0.05) is 25.6 Å². The quantitative estimate of drug-likeness (QED) is 0.508. The average Bonchev–Trinajstić information content (AvgIpc) is 3.33. The smallest absolute Gasteiger partial charge is 0.287 e. The van der Waals surface area contributed by atoms with Gasteiger partial charge in [0.1, 0.15) is 12.4 Å². The molecule has 0 atom stereocenters. The minimum Gasteiger partial charge on any atom is -0.453 e. The molecular formula is C20H25N5O3S. The zero-order valence-electron chi connectivity index (χ0n) is 16.8. The summed E-state index contributed by atoms with van der Waals surface area (Å²) in [4.78, 5) is 16.4. The molecule has 8 nitrogen and oxygen atoms in total. The van der Waals surface area contributed by atoms with Crippen LogP contribution in [0.15, 0.2) is 46.2 Å². The lowest BCUT2D eigenvalue weighted by molar-refractivity contribution is 0.0912. The molecule has 0 fully saturated rings. The van der Waals surface area contributed by atoms with Gasteiger partial charge in [-0.2, -0.15) is 0 Å². The van der Waals surface area contributed by atoms with E-state index in [1.165, 1.54) is 5.56 Å². The van der Waals surface area contributed by atoms with E-state index in [9.17, 15) is 4.79 Å². The predicted octanol–water partition coefficient (Wildman–Crippen LogP) is 3.29. The summed E-state index contributed by atoms with van der Waals surface area (Å²) in [6, 6.07) is 7.34. The number of aromatic nitrogens is 4. The van der Waals surface area contributed by atoms with Crippen LogP contribution in [0.25, 0.3) is 0 Å². The number of rotatable bonds is 10. The van der Waals surface area contributed by atoms with E-state index >= 15 is 0 Å². The van der Waals surface area contributed by atoms with E-state index in [0.29, 0.717) is 24.1 Å². The zero-order chi connectivity index (χ0) is 20.6. The number of pyridine rings is 1. The number of thioether (sulfide) groups is 1. The maximum Gasteiger partial charge on any atom is 0.287 e. The Morgan fingerprint density at radius 3 is 2.76 bits per heavy atom. The van der Waals surface area contributed by atoms with E-state index in [4.69, 9.17) is 9.15 Å². The molecule has 154 valence electrons. The standard InChI is InChI=1S/C20H25N5O3S/c1-14(2)11-25-18(10-22-19(26)17-5-4-16(28-17)12-27-3)23-24-20(25)29-13-15-6-8-21-9-7-15/h4-9,14H,10-13H2,1-3H3,(H,22,26). The third-order valence-electron chi connectivity index (χ3n) is 4.04. The molecule has 0 radical (unpaired) electrons. The summed E-state index contributed by atoms with van der Waals surface area (Å²) in [5, 5.41) is 12.3. The van der Waals surface area contributed by atoms with Crippen molar-refractivity contribution in [2.75, 3.05) is 7.11 Å². The molecule has 3 aromatic heterocycles. The zero-order valence-corrected chi connectivity index (χ0v) is 17.6. The lowest BCUT2D eigenvalue weighted by Gasteiger charge is -2.12. The molecule has 0 aliphatic carbocycles. The predicted molar refractivity (Wildman–Crippen MR) is 109 cm³/mol. The summed E-state index contributed by atoms with van der Waals surface area (Å²) >= 11 is 1.62. The Morgan fingerprint density at radius 2 is 2.03 bits per heavy atom. The summed E-state index contributed by atoms with van der Waals surface area (Å²) in [6.45, 7) is 5.65. The number of methoxy groups -OCH3 is 1. The largest absolute Gasteiger partial charge is 0.453 e. The van der Waals surface area contributed by atoms with Gasteiger partial charge in [0.15, 0.2) is 16.7 Å². The number of nitrogens with zero attached hydrogens (tertiary/aromatic N) is 4. The SMILES string of the molecule is COCc1ccc(C(=O)NCc2nnc(SCc3ccncc3)n2CC(C)C)o1. The van der Waals surface area contributed by atoms with Crippen molar-refractivity contribution in [1.82, 2.24) is 25.1 Å². The fourth-order valence-electron chi connectivity index (χ4n) is 2.70. The van der Waals surface area contributed by atoms with Gasteiger partial charge in [0.2, 0.25) is 0 Å². The van der Waals surface area contributed by atoms with Gasteiger partial charge in [0.25, 0.3) is 5.91 Å². The fourth-order valence-corrected chi connectivity index (χ4v) is 3.62. The number of nitrogens with one attached hydrogen (secondary N) is 1. The molecule has 0 unspecified atom stereocenters. The highest BCUT2D eigenvalue weighted by molar-refractivity contribution is 7.98. The second-order valence-electron chi connectivity index (χ2n) is 6.93. The first-order valence-corrected chi connectivity index (χ1v) is 10.3. The number of hydrogen-bond donors (Lipinski definition) is 1. The third-order valence-corrected chi connectivity index (χ3v) is 5.08. The number of amides is 1. The Balaban J connectivity index is 1.66. The Morgan fingerprint density at radius 1 is 1.24 bits per heavy atom. The third kappa shape index (κ3) is 5.91. The van der Waals surface area contributed by atoms with Gasteiger partial charge in [-0.15, -0.1) is 10.2 Å². The first-order valence-electron chi connectivity index (χ1n) is 9.36. The van der Waals surface area contributed by atoms with Crippen LogP contribution in [0.4, 0.5) is 0 Å². The lowest BCUT2D eigenvalue weighted by Crippen LogP contribution is -2.25. The number of ether oxygens (including phenoxy) is 1. The van der Waals surface area contributed by atoms with Crippen LogP contribution in [0, 0.1) is 5.92 Å². The highest BCUT2D eigenvalue weighted by Gasteiger charge is 2.17. The van der Waals surface area contributed by atoms with E-state index in [1.54, 1.807) is 43.4 Å². The molecule has 0 bridgehead atoms. The summed E-state index contributed by atoms with van der Waals surface area (Å²) < 4.78 is 12.5. The van der Waals surface area contributed by atoms with Gasteiger partial charge in [-0.3, -0.25) is 9.78 Å². The van der Waals surface area contributed by atoms with Crippen LogP contribution in [0.2, 0.25) is 0 Å². The van der Waals surface area contributed by atoms with E-state index in [-0.39, 0.29) is 18.2 Å². The van der Waals surface area contributed by atoms with Crippen molar-refractivity contribution in [3.63, 3.8) is 0 Å². The molecule has 0 aliphatic heterocycles. The van der Waals surface area contributed by atoms with E-state index in [0.717, 1.165) is 17.5 Å². The number of carbonyl (C=O) groups excluding carboxylic acids is 1. The Hall–Kier alpha value is -2.65. The Bertz CT molecular complexity index is 923. The molecule has 0 saturated heterocycles. The highest BCUT2D eigenvalue weighted by Crippen LogP contribution is 2.23. The summed E-state index contributed by atoms with van der Waals surface area (Å²) in [6.07, 6.45) is 3.56. The van der Waals surface area contributed by atoms with Crippen molar-refractivity contribution in [2.45, 2.75) is 44.5 Å². The Kier molecular flexibility index (Phi) is 7.42. The first-order chi connectivity index (χ1) is 14.1. The van der Waals surface area contributed by atoms with E-state index < -0.39 is 0 Å². The van der Waals surface area contributed by atoms with Crippen LogP contribution in [0.3, 0.4) is 0 Å². The molecule has 0 aromatic carbocycles. The van der Waals surface area contributed by atoms with Crippen LogP contribution < -0.4 is 5.32 Å². The Labute approximate surface area is 174 Å². The summed E-state index contributed by atoms with van der Waals surface area (Å²) in [5.74, 6) is 2.47. The van der Waals surface area contributed by atoms with Crippen LogP contribution in [0.1, 0.15) is 41.6 Å². The minimum absolute atomic E-state index is 0.249. The van der Waals surface area contributed by atoms with Crippen LogP contribution in [-0.2, 0) is 30.2 Å². The minimum atomic E-state index is -0.294. The summed E-state index contributed by atoms with van der Waals surface area (Å²) in [5.41, 5.74) is 1.17. The molecule has 1 N–H and O–H groups in total. The van der Waals surface area contributed by atoms with Gasteiger partial charge >= 0.3 is 0 Å². The maximum atomic E-state index is 12.4. The molecule has 9 heteroatoms. The molecule has 3 aromatic rings. The van der Waals surface area contributed by atoms with Crippen molar-refractivity contribution in [3.05, 3.63) is 59.6 Å². The highest BCUT2D eigenvalue weighted by atomic mass is 32.2. The summed E-state index contributed by atoms with van der Waals surface area (Å²) in [7, 11) is 1.58. The number of hydrogen-bond acceptors (Lipinski definition) is 7. The fraction of sp³-hybridized carbons (Fsp3) is 0.400. The van der Waals surface area contributed by atoms with Gasteiger partial charge < -0.3 is 19.0 Å². The molecule has 3 heterocycles. The molecule has 0 saturated carbocycles. The maximum absolute atomic E-state index is 12.4. The van der Waals surface area contributed by atoms with Crippen molar-refractivity contribution in [3.8, 4) is 0 Å². The second-order valence-corrected chi connectivity index (χ2v) is 7.87. The van der Waals surface area contributed by atoms with Crippen molar-refractivity contribution in [1.29, 1.82) is 0 Å². The molecule has 29 heavy (non-hydrogen) atoms. The normalized spacial score (nSPS) is 11.2. The molecular weight excluding hydrogens is 390 g/mol. The average molecular weight is 416 g/mol. The number of furan rings is 1. The topological polar surface area (TPSA) is 95.1 Å². The number of carbonyl (C=O) groups is 1. The van der Waals surface area contributed by atoms with Crippen LogP contribution >= 0.6 is 11.8 Å². The van der Waals surface area contributed by atoms with Gasteiger partial charge in [0.05, 0.1) is 6.54 Å². The van der Waals surface area contributed by atoms with E-state index in [1.807, 2.05) is 12.1 Å². The lowest BCUT2D eigenvalue weighted by atomic mass is 10.2. The van der Waals surface area contributed by atoms with Crippen molar-refractivity contribution in [2.24, 2.45) is 5.92 Å². The van der Waals surface area contributed by atoms with Crippen LogP contribution in [-0.4, -0.2) is 32.8 Å². The monoisotopic (exact) mass is 415 g/mol. The second kappa shape index (κ2) is 10.2. The van der Waals surface area contributed by atoms with E-state index in [2.05, 4.69) is 38.9 Å². The van der Waals surface area contributed by atoms with Gasteiger partial charge in [-0.25, -0.2) is 0 Å². The molecule has 0 spiro atoms. The van der Waals surface area contributed by atoms with Crippen molar-refractivity contribution >= 4 is 17.7 Å². The van der Waals surface area contributed by atoms with Gasteiger partial charge in [-0.05, 0) is 35.7 Å². The molecule has 1 amide bonds. The van der Waals surface area contributed by atoms with Gasteiger partial charge in [0, 0.05) is 31.8 Å². The first kappa shape index (κ1) is 21.1. The van der Waals surface area contributed by atoms with Crippen molar-refractivity contribution < 1.29 is 13.9 Å². The molecule has 0 aliphatic rings. The molecule has 3 rings (SSSR count). The van der Waals surface area contributed by atoms with Crippen LogP contribution in [0.5, 0.6) is 0 Å².